The number of para-hydroxylation sites is 1. The van der Waals surface area contributed by atoms with E-state index >= 15 is 0 Å². The van der Waals surface area contributed by atoms with Gasteiger partial charge in [-0.15, -0.1) is 0 Å². The van der Waals surface area contributed by atoms with E-state index in [4.69, 9.17) is 4.42 Å². The summed E-state index contributed by atoms with van der Waals surface area (Å²) in [6, 6.07) is 63.3. The van der Waals surface area contributed by atoms with Crippen LogP contribution in [0.5, 0.6) is 0 Å². The molecule has 0 spiro atoms. The second kappa shape index (κ2) is 10.6. The molecule has 10 rings (SSSR count). The molecule has 0 amide bonds. The molecule has 224 valence electrons. The van der Waals surface area contributed by atoms with Gasteiger partial charge in [-0.25, -0.2) is 0 Å². The second-order valence-electron chi connectivity index (χ2n) is 12.5. The van der Waals surface area contributed by atoms with E-state index in [9.17, 15) is 0 Å². The number of benzene rings is 9. The molecular formula is C46H29NO. The Labute approximate surface area is 277 Å². The number of hydrogen-bond donors (Lipinski definition) is 0. The molecule has 10 aromatic rings. The van der Waals surface area contributed by atoms with E-state index in [1.54, 1.807) is 0 Å². The summed E-state index contributed by atoms with van der Waals surface area (Å²) in [7, 11) is 0. The van der Waals surface area contributed by atoms with Crippen LogP contribution in [0.3, 0.4) is 0 Å². The van der Waals surface area contributed by atoms with E-state index in [-0.39, 0.29) is 0 Å². The number of nitrogens with zero attached hydrogens (tertiary/aromatic N) is 1. The van der Waals surface area contributed by atoms with Crippen LogP contribution in [-0.4, -0.2) is 0 Å². The minimum Gasteiger partial charge on any atom is -0.456 e. The Morgan fingerprint density at radius 1 is 0.333 bits per heavy atom. The molecule has 0 aliphatic rings. The first-order valence-corrected chi connectivity index (χ1v) is 16.4. The van der Waals surface area contributed by atoms with Gasteiger partial charge >= 0.3 is 0 Å². The normalized spacial score (nSPS) is 11.8. The fourth-order valence-corrected chi connectivity index (χ4v) is 7.53. The van der Waals surface area contributed by atoms with Crippen LogP contribution in [0.15, 0.2) is 180 Å². The van der Waals surface area contributed by atoms with Crippen LogP contribution in [0.25, 0.3) is 76.2 Å². The van der Waals surface area contributed by atoms with Crippen molar-refractivity contribution in [3.05, 3.63) is 176 Å². The maximum absolute atomic E-state index is 6.49. The van der Waals surface area contributed by atoms with Gasteiger partial charge in [0, 0.05) is 27.8 Å². The molecule has 0 N–H and O–H groups in total. The van der Waals surface area contributed by atoms with Gasteiger partial charge in [0.1, 0.15) is 11.2 Å². The molecule has 2 heteroatoms. The van der Waals surface area contributed by atoms with Gasteiger partial charge in [-0.2, -0.15) is 0 Å². The highest BCUT2D eigenvalue weighted by atomic mass is 16.3. The van der Waals surface area contributed by atoms with Gasteiger partial charge in [-0.1, -0.05) is 121 Å². The van der Waals surface area contributed by atoms with Gasteiger partial charge in [-0.3, -0.25) is 0 Å². The van der Waals surface area contributed by atoms with Gasteiger partial charge in [0.05, 0.1) is 0 Å². The average Bonchev–Trinajstić information content (AvgIpc) is 3.53. The summed E-state index contributed by atoms with van der Waals surface area (Å²) in [5, 5.41) is 12.2. The quantitative estimate of drug-likeness (QED) is 0.184. The number of anilines is 3. The zero-order valence-corrected chi connectivity index (χ0v) is 26.1. The van der Waals surface area contributed by atoms with Gasteiger partial charge in [0.25, 0.3) is 0 Å². The Bertz CT molecular complexity index is 2850. The monoisotopic (exact) mass is 611 g/mol. The van der Waals surface area contributed by atoms with Crippen LogP contribution in [0.2, 0.25) is 0 Å². The zero-order valence-electron chi connectivity index (χ0n) is 26.1. The van der Waals surface area contributed by atoms with Crippen molar-refractivity contribution in [1.82, 2.24) is 0 Å². The van der Waals surface area contributed by atoms with Crippen molar-refractivity contribution in [3.63, 3.8) is 0 Å². The molecule has 48 heavy (non-hydrogen) atoms. The third kappa shape index (κ3) is 4.20. The van der Waals surface area contributed by atoms with Crippen molar-refractivity contribution in [2.24, 2.45) is 0 Å². The first-order valence-electron chi connectivity index (χ1n) is 16.4. The molecule has 0 unspecified atom stereocenters. The van der Waals surface area contributed by atoms with Crippen molar-refractivity contribution in [2.75, 3.05) is 4.90 Å². The first-order chi connectivity index (χ1) is 23.8. The van der Waals surface area contributed by atoms with E-state index < -0.39 is 0 Å². The molecule has 0 fully saturated rings. The molecule has 0 bridgehead atoms. The summed E-state index contributed by atoms with van der Waals surface area (Å²) in [6.45, 7) is 0. The third-order valence-electron chi connectivity index (χ3n) is 9.80. The molecule has 0 radical (unpaired) electrons. The van der Waals surface area contributed by atoms with Gasteiger partial charge in [0.2, 0.25) is 0 Å². The Kier molecular flexibility index (Phi) is 5.91. The maximum atomic E-state index is 6.49. The Hall–Kier alpha value is -6.38. The summed E-state index contributed by atoms with van der Waals surface area (Å²) in [5.74, 6) is 0. The molecule has 1 heterocycles. The molecule has 0 saturated heterocycles. The van der Waals surface area contributed by atoms with Crippen LogP contribution < -0.4 is 4.90 Å². The number of furan rings is 1. The zero-order chi connectivity index (χ0) is 31.6. The first kappa shape index (κ1) is 26.8. The van der Waals surface area contributed by atoms with E-state index in [0.717, 1.165) is 39.0 Å². The smallest absolute Gasteiger partial charge is 0.136 e. The van der Waals surface area contributed by atoms with Crippen LogP contribution in [0, 0.1) is 0 Å². The van der Waals surface area contributed by atoms with Crippen LogP contribution in [0.4, 0.5) is 17.1 Å². The largest absolute Gasteiger partial charge is 0.456 e. The minimum absolute atomic E-state index is 0.880. The highest BCUT2D eigenvalue weighted by Crippen LogP contribution is 2.43. The SMILES string of the molecule is c1ccc(N(c2ccc3ccc4ccccc4c3c2)c2ccc3oc4cccc(-c5ccc6c(ccc7ccccc76)c5)c4c3c2)cc1. The summed E-state index contributed by atoms with van der Waals surface area (Å²) in [4.78, 5) is 2.35. The fraction of sp³-hybridized carbons (Fsp3) is 0. The Morgan fingerprint density at radius 3 is 1.73 bits per heavy atom. The Balaban J connectivity index is 1.18. The van der Waals surface area contributed by atoms with E-state index in [2.05, 4.69) is 181 Å². The lowest BCUT2D eigenvalue weighted by atomic mass is 9.95. The maximum Gasteiger partial charge on any atom is 0.136 e. The lowest BCUT2D eigenvalue weighted by molar-refractivity contribution is 0.669. The summed E-state index contributed by atoms with van der Waals surface area (Å²) in [5.41, 5.74) is 7.41. The van der Waals surface area contributed by atoms with E-state index in [1.165, 1.54) is 54.2 Å². The van der Waals surface area contributed by atoms with E-state index in [1.807, 2.05) is 0 Å². The van der Waals surface area contributed by atoms with Crippen LogP contribution in [0.1, 0.15) is 0 Å². The van der Waals surface area contributed by atoms with Gasteiger partial charge in [0.15, 0.2) is 0 Å². The number of fused-ring (bicyclic) bond motifs is 9. The van der Waals surface area contributed by atoms with Crippen molar-refractivity contribution < 1.29 is 4.42 Å². The molecular weight excluding hydrogens is 583 g/mol. The second-order valence-corrected chi connectivity index (χ2v) is 12.5. The molecule has 0 atom stereocenters. The summed E-state index contributed by atoms with van der Waals surface area (Å²) >= 11 is 0. The topological polar surface area (TPSA) is 16.4 Å². The van der Waals surface area contributed by atoms with Gasteiger partial charge in [-0.05, 0) is 109 Å². The van der Waals surface area contributed by atoms with Crippen molar-refractivity contribution in [2.45, 2.75) is 0 Å². The average molecular weight is 612 g/mol. The standard InChI is InChI=1S/C46H29NO/c1-2-11-35(12-3-1)47(36-23-21-32-18-17-31-10-5-7-14-39(31)42(32)28-36)37-24-26-44-43(29-37)46-41(15-8-16-45(46)48-44)34-22-25-40-33(27-34)20-19-30-9-4-6-13-38(30)40/h1-29H. The highest BCUT2D eigenvalue weighted by Gasteiger charge is 2.18. The number of rotatable bonds is 4. The van der Waals surface area contributed by atoms with Crippen molar-refractivity contribution >= 4 is 82.1 Å². The third-order valence-corrected chi connectivity index (χ3v) is 9.80. The lowest BCUT2D eigenvalue weighted by Crippen LogP contribution is -2.09. The van der Waals surface area contributed by atoms with Crippen LogP contribution in [-0.2, 0) is 0 Å². The molecule has 1 aromatic heterocycles. The fourth-order valence-electron chi connectivity index (χ4n) is 7.53. The lowest BCUT2D eigenvalue weighted by Gasteiger charge is -2.26. The van der Waals surface area contributed by atoms with Crippen molar-refractivity contribution in [3.8, 4) is 11.1 Å². The van der Waals surface area contributed by atoms with Gasteiger partial charge < -0.3 is 9.32 Å². The molecule has 0 aliphatic heterocycles. The summed E-state index contributed by atoms with van der Waals surface area (Å²) < 4.78 is 6.49. The Morgan fingerprint density at radius 2 is 0.938 bits per heavy atom. The minimum atomic E-state index is 0.880. The highest BCUT2D eigenvalue weighted by molar-refractivity contribution is 6.15. The number of hydrogen-bond acceptors (Lipinski definition) is 2. The molecule has 0 saturated carbocycles. The summed E-state index contributed by atoms with van der Waals surface area (Å²) in [6.07, 6.45) is 0. The molecule has 2 nitrogen and oxygen atoms in total. The van der Waals surface area contributed by atoms with Crippen LogP contribution >= 0.6 is 0 Å². The predicted octanol–water partition coefficient (Wildman–Crippen LogP) is 13.3. The molecule has 9 aromatic carbocycles. The van der Waals surface area contributed by atoms with Crippen molar-refractivity contribution in [1.29, 1.82) is 0 Å². The molecule has 0 aliphatic carbocycles. The van der Waals surface area contributed by atoms with E-state index in [0.29, 0.717) is 0 Å². The predicted molar refractivity (Wildman–Crippen MR) is 204 cm³/mol.